The molecule has 0 fully saturated rings. The highest BCUT2D eigenvalue weighted by atomic mass is 32.2. The number of halogens is 5. The molecule has 2 N–H and O–H groups in total. The van der Waals surface area contributed by atoms with Crippen LogP contribution in [0, 0.1) is 11.6 Å². The molecule has 5 nitrogen and oxygen atoms in total. The summed E-state index contributed by atoms with van der Waals surface area (Å²) in [6.07, 6.45) is -5.38. The van der Waals surface area contributed by atoms with Gasteiger partial charge in [0, 0.05) is 18.1 Å². The first-order chi connectivity index (χ1) is 12.5. The molecule has 0 aliphatic carbocycles. The average molecular weight is 405 g/mol. The summed E-state index contributed by atoms with van der Waals surface area (Å²) < 4.78 is 89.3. The van der Waals surface area contributed by atoms with E-state index in [9.17, 15) is 30.4 Å². The van der Waals surface area contributed by atoms with Gasteiger partial charge in [-0.25, -0.2) is 22.3 Å². The molecule has 2 aromatic carbocycles. The summed E-state index contributed by atoms with van der Waals surface area (Å²) in [6, 6.07) is 6.00. The van der Waals surface area contributed by atoms with E-state index >= 15 is 0 Å². The minimum atomic E-state index is -4.73. The standard InChI is InChI=1S/C16H12F5N3O2S/c17-9-1-6-12(13(18)7-9)14-8-15(16(19,20)21)23-24(14)10-2-4-11(5-3-10)27(22,25)26/h1-7,14H,8H2,(H2,22,25,26)/t14-/m1/s1. The SMILES string of the molecule is NS(=O)(=O)c1ccc(N2N=C(C(F)(F)F)C[C@@H]2c2ccc(F)cc2F)cc1. The zero-order valence-electron chi connectivity index (χ0n) is 13.4. The van der Waals surface area contributed by atoms with Crippen molar-refractivity contribution in [2.45, 2.75) is 23.5 Å². The second kappa shape index (κ2) is 6.57. The van der Waals surface area contributed by atoms with Crippen molar-refractivity contribution >= 4 is 21.4 Å². The van der Waals surface area contributed by atoms with Crippen molar-refractivity contribution < 1.29 is 30.4 Å². The quantitative estimate of drug-likeness (QED) is 0.795. The van der Waals surface area contributed by atoms with E-state index in [2.05, 4.69) is 5.10 Å². The van der Waals surface area contributed by atoms with Gasteiger partial charge in [-0.05, 0) is 30.3 Å². The Kier molecular flexibility index (Phi) is 4.68. The normalized spacial score (nSPS) is 17.9. The van der Waals surface area contributed by atoms with Crippen LogP contribution >= 0.6 is 0 Å². The number of nitrogens with zero attached hydrogens (tertiary/aromatic N) is 2. The number of rotatable bonds is 3. The number of alkyl halides is 3. The molecular formula is C16H12F5N3O2S. The molecule has 0 amide bonds. The third-order valence-electron chi connectivity index (χ3n) is 3.99. The Bertz CT molecular complexity index is 1000. The first-order valence-electron chi connectivity index (χ1n) is 7.48. The van der Waals surface area contributed by atoms with E-state index in [0.29, 0.717) is 6.07 Å². The highest BCUT2D eigenvalue weighted by molar-refractivity contribution is 7.89. The second-order valence-corrected chi connectivity index (χ2v) is 7.38. The summed E-state index contributed by atoms with van der Waals surface area (Å²) in [5, 5.41) is 9.44. The number of hydrogen-bond donors (Lipinski definition) is 1. The molecule has 3 rings (SSSR count). The maximum atomic E-state index is 14.1. The molecule has 11 heteroatoms. The van der Waals surface area contributed by atoms with Gasteiger partial charge in [-0.1, -0.05) is 6.07 Å². The Morgan fingerprint density at radius 1 is 1.07 bits per heavy atom. The largest absolute Gasteiger partial charge is 0.431 e. The maximum Gasteiger partial charge on any atom is 0.431 e. The molecule has 0 saturated heterocycles. The fourth-order valence-corrected chi connectivity index (χ4v) is 3.24. The van der Waals surface area contributed by atoms with Gasteiger partial charge in [0.25, 0.3) is 0 Å². The van der Waals surface area contributed by atoms with E-state index in [-0.39, 0.29) is 16.1 Å². The van der Waals surface area contributed by atoms with Crippen LogP contribution in [-0.2, 0) is 10.0 Å². The molecule has 0 spiro atoms. The van der Waals surface area contributed by atoms with Gasteiger partial charge in [0.1, 0.15) is 17.3 Å². The molecule has 1 atom stereocenters. The van der Waals surface area contributed by atoms with Crippen molar-refractivity contribution in [3.63, 3.8) is 0 Å². The molecule has 0 radical (unpaired) electrons. The van der Waals surface area contributed by atoms with Crippen LogP contribution < -0.4 is 10.1 Å². The summed E-state index contributed by atoms with van der Waals surface area (Å²) >= 11 is 0. The molecule has 0 unspecified atom stereocenters. The molecule has 1 aliphatic heterocycles. The highest BCUT2D eigenvalue weighted by Gasteiger charge is 2.44. The monoisotopic (exact) mass is 405 g/mol. The Morgan fingerprint density at radius 3 is 2.22 bits per heavy atom. The first kappa shape index (κ1) is 19.2. The third kappa shape index (κ3) is 3.93. The van der Waals surface area contributed by atoms with Crippen LogP contribution in [-0.4, -0.2) is 20.3 Å². The number of hydrazone groups is 1. The minimum Gasteiger partial charge on any atom is -0.257 e. The van der Waals surface area contributed by atoms with E-state index in [1.165, 1.54) is 12.1 Å². The van der Waals surface area contributed by atoms with Gasteiger partial charge in [0.05, 0.1) is 16.6 Å². The molecule has 27 heavy (non-hydrogen) atoms. The Morgan fingerprint density at radius 2 is 1.70 bits per heavy atom. The van der Waals surface area contributed by atoms with Crippen LogP contribution in [0.15, 0.2) is 52.5 Å². The fraction of sp³-hybridized carbons (Fsp3) is 0.188. The van der Waals surface area contributed by atoms with E-state index in [1.807, 2.05) is 0 Å². The lowest BCUT2D eigenvalue weighted by atomic mass is 10.0. The van der Waals surface area contributed by atoms with Gasteiger partial charge >= 0.3 is 6.18 Å². The van der Waals surface area contributed by atoms with Crippen molar-refractivity contribution in [2.75, 3.05) is 5.01 Å². The number of benzene rings is 2. The lowest BCUT2D eigenvalue weighted by Gasteiger charge is -2.24. The summed E-state index contributed by atoms with van der Waals surface area (Å²) in [7, 11) is -3.99. The molecular weight excluding hydrogens is 393 g/mol. The van der Waals surface area contributed by atoms with Gasteiger partial charge < -0.3 is 0 Å². The summed E-state index contributed by atoms with van der Waals surface area (Å²) in [6.45, 7) is 0. The zero-order chi connectivity index (χ0) is 20.0. The van der Waals surface area contributed by atoms with Gasteiger partial charge in [-0.3, -0.25) is 5.01 Å². The van der Waals surface area contributed by atoms with Crippen molar-refractivity contribution in [3.05, 3.63) is 59.7 Å². The Labute approximate surface area is 150 Å². The van der Waals surface area contributed by atoms with Gasteiger partial charge in [-0.15, -0.1) is 0 Å². The van der Waals surface area contributed by atoms with Gasteiger partial charge in [0.2, 0.25) is 10.0 Å². The molecule has 0 bridgehead atoms. The smallest absolute Gasteiger partial charge is 0.257 e. The second-order valence-electron chi connectivity index (χ2n) is 5.81. The van der Waals surface area contributed by atoms with E-state index < -0.39 is 46.0 Å². The van der Waals surface area contributed by atoms with Crippen molar-refractivity contribution in [1.82, 2.24) is 0 Å². The maximum absolute atomic E-state index is 14.1. The molecule has 0 aromatic heterocycles. The predicted octanol–water partition coefficient (Wildman–Crippen LogP) is 3.48. The lowest BCUT2D eigenvalue weighted by molar-refractivity contribution is -0.0600. The topological polar surface area (TPSA) is 75.8 Å². The Hall–Kier alpha value is -2.53. The van der Waals surface area contributed by atoms with Crippen LogP contribution in [0.25, 0.3) is 0 Å². The van der Waals surface area contributed by atoms with Crippen LogP contribution in [0.2, 0.25) is 0 Å². The van der Waals surface area contributed by atoms with Crippen molar-refractivity contribution in [1.29, 1.82) is 0 Å². The number of nitrogens with two attached hydrogens (primary N) is 1. The molecule has 144 valence electrons. The predicted molar refractivity (Wildman–Crippen MR) is 87.5 cm³/mol. The molecule has 0 saturated carbocycles. The molecule has 1 aliphatic rings. The fourth-order valence-electron chi connectivity index (χ4n) is 2.72. The van der Waals surface area contributed by atoms with Crippen LogP contribution in [0.3, 0.4) is 0 Å². The van der Waals surface area contributed by atoms with Crippen LogP contribution in [0.5, 0.6) is 0 Å². The van der Waals surface area contributed by atoms with Gasteiger partial charge in [0.15, 0.2) is 0 Å². The average Bonchev–Trinajstić information content (AvgIpc) is 2.99. The summed E-state index contributed by atoms with van der Waals surface area (Å²) in [5.74, 6) is -1.87. The highest BCUT2D eigenvalue weighted by Crippen LogP contribution is 2.40. The zero-order valence-corrected chi connectivity index (χ0v) is 14.2. The third-order valence-corrected chi connectivity index (χ3v) is 4.92. The van der Waals surface area contributed by atoms with Crippen molar-refractivity contribution in [2.24, 2.45) is 10.2 Å². The van der Waals surface area contributed by atoms with Crippen LogP contribution in [0.1, 0.15) is 18.0 Å². The van der Waals surface area contributed by atoms with E-state index in [0.717, 1.165) is 29.3 Å². The summed E-state index contributed by atoms with van der Waals surface area (Å²) in [5.41, 5.74) is -1.21. The minimum absolute atomic E-state index is 0.0929. The molecule has 1 heterocycles. The van der Waals surface area contributed by atoms with Crippen molar-refractivity contribution in [3.8, 4) is 0 Å². The molecule has 2 aromatic rings. The Balaban J connectivity index is 2.05. The number of sulfonamides is 1. The lowest BCUT2D eigenvalue weighted by Crippen LogP contribution is -2.22. The number of anilines is 1. The van der Waals surface area contributed by atoms with Crippen LogP contribution in [0.4, 0.5) is 27.6 Å². The number of hydrogen-bond acceptors (Lipinski definition) is 4. The van der Waals surface area contributed by atoms with Gasteiger partial charge in [-0.2, -0.15) is 18.3 Å². The van der Waals surface area contributed by atoms with E-state index in [4.69, 9.17) is 5.14 Å². The first-order valence-corrected chi connectivity index (χ1v) is 9.03. The van der Waals surface area contributed by atoms with E-state index in [1.54, 1.807) is 0 Å². The summed E-state index contributed by atoms with van der Waals surface area (Å²) in [4.78, 5) is -0.241. The number of primary sulfonamides is 1.